The lowest BCUT2D eigenvalue weighted by Gasteiger charge is -2.07. The first-order valence-corrected chi connectivity index (χ1v) is 9.14. The third kappa shape index (κ3) is 3.38. The van der Waals surface area contributed by atoms with Crippen molar-refractivity contribution in [1.29, 1.82) is 5.26 Å². The Balaban J connectivity index is 1.94. The number of hydrogen-bond donors (Lipinski definition) is 2. The number of nitrogens with two attached hydrogens (primary N) is 1. The Labute approximate surface area is 154 Å². The van der Waals surface area contributed by atoms with Crippen LogP contribution in [0.15, 0.2) is 47.4 Å². The lowest BCUT2D eigenvalue weighted by Crippen LogP contribution is -2.05. The van der Waals surface area contributed by atoms with Crippen LogP contribution < -0.4 is 5.14 Å². The molecule has 3 aromatic rings. The fourth-order valence-corrected chi connectivity index (χ4v) is 3.36. The Morgan fingerprint density at radius 1 is 1.23 bits per heavy atom. The number of benzene rings is 2. The van der Waals surface area contributed by atoms with E-state index in [4.69, 9.17) is 10.4 Å². The highest BCUT2D eigenvalue weighted by Crippen LogP contribution is 2.31. The molecule has 0 spiro atoms. The number of rotatable bonds is 4. The van der Waals surface area contributed by atoms with Gasteiger partial charge < -0.3 is 5.11 Å². The zero-order valence-electron chi connectivity index (χ0n) is 14.4. The van der Waals surface area contributed by atoms with E-state index in [1.54, 1.807) is 24.3 Å². The topological polar surface area (TPSA) is 105 Å². The molecule has 3 rings (SSSR count). The highest BCUT2D eigenvalue weighted by Gasteiger charge is 2.15. The SMILES string of the molecule is Cc1nn(Cc2ccc(S(N)=O)cc2)c(C)c1-c1ccc(C#N)c(O)c1. The molecule has 0 fully saturated rings. The fourth-order valence-electron chi connectivity index (χ4n) is 2.95. The summed E-state index contributed by atoms with van der Waals surface area (Å²) >= 11 is 0. The molecule has 6 nitrogen and oxygen atoms in total. The molecule has 1 unspecified atom stereocenters. The number of nitriles is 1. The molecule has 3 N–H and O–H groups in total. The van der Waals surface area contributed by atoms with Gasteiger partial charge in [0.1, 0.15) is 22.8 Å². The molecule has 1 atom stereocenters. The van der Waals surface area contributed by atoms with Crippen LogP contribution in [0.25, 0.3) is 11.1 Å². The maximum absolute atomic E-state index is 11.3. The van der Waals surface area contributed by atoms with E-state index in [1.807, 2.05) is 42.8 Å². The Hall–Kier alpha value is -2.95. The molecular formula is C19H18N4O2S. The van der Waals surface area contributed by atoms with Crippen molar-refractivity contribution in [2.45, 2.75) is 25.3 Å². The second-order valence-corrected chi connectivity index (χ2v) is 7.05. The van der Waals surface area contributed by atoms with Crippen LogP contribution in [0.5, 0.6) is 5.75 Å². The first-order chi connectivity index (χ1) is 12.4. The molecule has 0 saturated carbocycles. The Kier molecular flexibility index (Phi) is 4.89. The van der Waals surface area contributed by atoms with E-state index in [9.17, 15) is 9.32 Å². The average molecular weight is 366 g/mol. The van der Waals surface area contributed by atoms with Crippen molar-refractivity contribution in [3.63, 3.8) is 0 Å². The van der Waals surface area contributed by atoms with Gasteiger partial charge in [0.15, 0.2) is 0 Å². The predicted molar refractivity (Wildman–Crippen MR) is 99.7 cm³/mol. The number of aromatic nitrogens is 2. The van der Waals surface area contributed by atoms with Crippen LogP contribution in [-0.4, -0.2) is 19.1 Å². The predicted octanol–water partition coefficient (Wildman–Crippen LogP) is 2.77. The summed E-state index contributed by atoms with van der Waals surface area (Å²) in [6.45, 7) is 4.44. The number of hydrogen-bond acceptors (Lipinski definition) is 4. The van der Waals surface area contributed by atoms with Crippen LogP contribution in [0.3, 0.4) is 0 Å². The monoisotopic (exact) mass is 366 g/mol. The fraction of sp³-hybridized carbons (Fsp3) is 0.158. The number of aryl methyl sites for hydroxylation is 1. The van der Waals surface area contributed by atoms with Gasteiger partial charge in [-0.05, 0) is 49.2 Å². The number of nitrogens with zero attached hydrogens (tertiary/aromatic N) is 3. The van der Waals surface area contributed by atoms with Crippen molar-refractivity contribution >= 4 is 11.0 Å². The molecule has 0 aliphatic rings. The summed E-state index contributed by atoms with van der Waals surface area (Å²) in [6.07, 6.45) is 0. The van der Waals surface area contributed by atoms with Crippen molar-refractivity contribution < 1.29 is 9.32 Å². The molecule has 7 heteroatoms. The van der Waals surface area contributed by atoms with Gasteiger partial charge in [-0.1, -0.05) is 18.2 Å². The van der Waals surface area contributed by atoms with Crippen LogP contribution in [0.2, 0.25) is 0 Å². The Morgan fingerprint density at radius 2 is 1.92 bits per heavy atom. The van der Waals surface area contributed by atoms with E-state index in [1.165, 1.54) is 0 Å². The largest absolute Gasteiger partial charge is 0.507 e. The van der Waals surface area contributed by atoms with Crippen LogP contribution in [0.4, 0.5) is 0 Å². The molecule has 1 aromatic heterocycles. The van der Waals surface area contributed by atoms with E-state index in [-0.39, 0.29) is 11.3 Å². The minimum atomic E-state index is -1.49. The van der Waals surface area contributed by atoms with Crippen molar-refractivity contribution in [2.75, 3.05) is 0 Å². The summed E-state index contributed by atoms with van der Waals surface area (Å²) in [7, 11) is -1.49. The second kappa shape index (κ2) is 7.12. The highest BCUT2D eigenvalue weighted by molar-refractivity contribution is 7.82. The molecule has 1 heterocycles. The first kappa shape index (κ1) is 17.9. The Morgan fingerprint density at radius 3 is 2.50 bits per heavy atom. The van der Waals surface area contributed by atoms with Gasteiger partial charge in [0, 0.05) is 11.3 Å². The van der Waals surface area contributed by atoms with Gasteiger partial charge >= 0.3 is 0 Å². The third-order valence-electron chi connectivity index (χ3n) is 4.28. The lowest BCUT2D eigenvalue weighted by atomic mass is 10.0. The molecule has 0 amide bonds. The van der Waals surface area contributed by atoms with Crippen LogP contribution in [0.1, 0.15) is 22.5 Å². The summed E-state index contributed by atoms with van der Waals surface area (Å²) in [5.41, 5.74) is 4.80. The Bertz CT molecular complexity index is 1030. The van der Waals surface area contributed by atoms with Crippen LogP contribution >= 0.6 is 0 Å². The van der Waals surface area contributed by atoms with Crippen molar-refractivity contribution in [1.82, 2.24) is 9.78 Å². The zero-order valence-corrected chi connectivity index (χ0v) is 15.2. The number of phenols is 1. The van der Waals surface area contributed by atoms with Gasteiger partial charge in [0.2, 0.25) is 0 Å². The van der Waals surface area contributed by atoms with Gasteiger partial charge in [0.25, 0.3) is 0 Å². The zero-order chi connectivity index (χ0) is 18.8. The van der Waals surface area contributed by atoms with E-state index >= 15 is 0 Å². The van der Waals surface area contributed by atoms with Gasteiger partial charge in [0.05, 0.1) is 22.7 Å². The van der Waals surface area contributed by atoms with Crippen LogP contribution in [-0.2, 0) is 17.5 Å². The molecule has 26 heavy (non-hydrogen) atoms. The van der Waals surface area contributed by atoms with E-state index in [0.29, 0.717) is 11.4 Å². The molecule has 0 bridgehead atoms. The third-order valence-corrected chi connectivity index (χ3v) is 5.01. The molecule has 0 aliphatic heterocycles. The van der Waals surface area contributed by atoms with Gasteiger partial charge in [-0.15, -0.1) is 0 Å². The minimum absolute atomic E-state index is 0.0399. The number of phenolic OH excluding ortho intramolecular Hbond substituents is 1. The highest BCUT2D eigenvalue weighted by atomic mass is 32.2. The summed E-state index contributed by atoms with van der Waals surface area (Å²) in [4.78, 5) is 0.580. The number of aromatic hydroxyl groups is 1. The summed E-state index contributed by atoms with van der Waals surface area (Å²) in [5, 5.41) is 28.9. The second-order valence-electron chi connectivity index (χ2n) is 5.99. The standard InChI is InChI=1S/C19H18N4O2S/c1-12-19(15-5-6-16(10-20)18(24)9-15)13(2)23(22-12)11-14-3-7-17(8-4-14)26(21)25/h3-9,24H,11,21H2,1-2H3. The molecule has 132 valence electrons. The molecule has 0 saturated heterocycles. The smallest absolute Gasteiger partial charge is 0.133 e. The maximum atomic E-state index is 11.3. The molecule has 2 aromatic carbocycles. The maximum Gasteiger partial charge on any atom is 0.133 e. The average Bonchev–Trinajstić information content (AvgIpc) is 2.89. The van der Waals surface area contributed by atoms with E-state index in [2.05, 4.69) is 5.10 Å². The minimum Gasteiger partial charge on any atom is -0.507 e. The quantitative estimate of drug-likeness (QED) is 0.740. The summed E-state index contributed by atoms with van der Waals surface area (Å²) < 4.78 is 13.2. The van der Waals surface area contributed by atoms with Gasteiger partial charge in [-0.25, -0.2) is 9.35 Å². The van der Waals surface area contributed by atoms with Gasteiger partial charge in [-0.3, -0.25) is 4.68 Å². The van der Waals surface area contributed by atoms with Gasteiger partial charge in [-0.2, -0.15) is 10.4 Å². The van der Waals surface area contributed by atoms with E-state index < -0.39 is 11.0 Å². The lowest BCUT2D eigenvalue weighted by molar-refractivity contribution is 0.474. The van der Waals surface area contributed by atoms with Crippen molar-refractivity contribution in [3.8, 4) is 22.9 Å². The van der Waals surface area contributed by atoms with Crippen LogP contribution in [0, 0.1) is 25.2 Å². The molecule has 0 aliphatic carbocycles. The van der Waals surface area contributed by atoms with E-state index in [0.717, 1.165) is 28.1 Å². The van der Waals surface area contributed by atoms with Crippen molar-refractivity contribution in [3.05, 3.63) is 65.0 Å². The first-order valence-electron chi connectivity index (χ1n) is 7.93. The van der Waals surface area contributed by atoms with Crippen molar-refractivity contribution in [2.24, 2.45) is 5.14 Å². The molecule has 0 radical (unpaired) electrons. The summed E-state index contributed by atoms with van der Waals surface area (Å²) in [6, 6.07) is 14.2. The normalized spacial score (nSPS) is 11.9. The summed E-state index contributed by atoms with van der Waals surface area (Å²) in [5.74, 6) is -0.0399. The molecular weight excluding hydrogens is 348 g/mol.